The van der Waals surface area contributed by atoms with E-state index in [0.29, 0.717) is 17.5 Å². The molecule has 14 rings (SSSR count). The third-order valence-corrected chi connectivity index (χ3v) is 14.0. The smallest absolute Gasteiger partial charge is 0.166 e. The van der Waals surface area contributed by atoms with E-state index in [9.17, 15) is 0 Å². The number of fused-ring (bicyclic) bond motifs is 12. The normalized spacial score (nSPS) is 13.1. The minimum atomic E-state index is -0.157. The molecule has 9 aromatic carbocycles. The summed E-state index contributed by atoms with van der Waals surface area (Å²) in [5.74, 6) is 1.76. The molecule has 66 heavy (non-hydrogen) atoms. The van der Waals surface area contributed by atoms with Crippen LogP contribution >= 0.6 is 0 Å². The maximum absolute atomic E-state index is 7.52. The van der Waals surface area contributed by atoms with E-state index in [2.05, 4.69) is 187 Å². The van der Waals surface area contributed by atoms with Crippen LogP contribution in [0.4, 0.5) is 0 Å². The maximum atomic E-state index is 7.52. The summed E-state index contributed by atoms with van der Waals surface area (Å²) in [6.07, 6.45) is 0. The molecule has 4 heterocycles. The van der Waals surface area contributed by atoms with Crippen LogP contribution in [0.2, 0.25) is 0 Å². The van der Waals surface area contributed by atoms with Crippen LogP contribution in [0.15, 0.2) is 205 Å². The summed E-state index contributed by atoms with van der Waals surface area (Å²) in [5, 5.41) is 6.77. The molecule has 0 atom stereocenters. The van der Waals surface area contributed by atoms with Gasteiger partial charge in [0.1, 0.15) is 5.69 Å². The first-order valence-electron chi connectivity index (χ1n) is 22.5. The quantitative estimate of drug-likeness (QED) is 0.173. The van der Waals surface area contributed by atoms with E-state index in [4.69, 9.17) is 19.4 Å². The van der Waals surface area contributed by atoms with Gasteiger partial charge >= 0.3 is 0 Å². The number of furan rings is 1. The first kappa shape index (κ1) is 36.8. The molecule has 4 aromatic heterocycles. The molecule has 310 valence electrons. The lowest BCUT2D eigenvalue weighted by molar-refractivity contribution is 0.660. The van der Waals surface area contributed by atoms with Crippen molar-refractivity contribution in [1.29, 1.82) is 0 Å². The van der Waals surface area contributed by atoms with E-state index >= 15 is 0 Å². The van der Waals surface area contributed by atoms with Crippen LogP contribution in [-0.2, 0) is 5.41 Å². The third-order valence-electron chi connectivity index (χ3n) is 14.0. The van der Waals surface area contributed by atoms with Gasteiger partial charge in [0.15, 0.2) is 28.6 Å². The molecular weight excluding hydrogens is 807 g/mol. The van der Waals surface area contributed by atoms with Crippen LogP contribution in [0.25, 0.3) is 122 Å². The molecule has 6 nitrogen and oxygen atoms in total. The number of para-hydroxylation sites is 4. The van der Waals surface area contributed by atoms with E-state index < -0.39 is 0 Å². The predicted molar refractivity (Wildman–Crippen MR) is 270 cm³/mol. The number of hydrogen-bond donors (Lipinski definition) is 0. The molecule has 1 aliphatic carbocycles. The lowest BCUT2D eigenvalue weighted by Gasteiger charge is -2.21. The second-order valence-corrected chi connectivity index (χ2v) is 17.9. The van der Waals surface area contributed by atoms with Gasteiger partial charge in [-0.05, 0) is 70.8 Å². The average Bonchev–Trinajstić information content (AvgIpc) is 4.09. The summed E-state index contributed by atoms with van der Waals surface area (Å²) in [7, 11) is 0. The Morgan fingerprint density at radius 3 is 1.56 bits per heavy atom. The van der Waals surface area contributed by atoms with Gasteiger partial charge in [-0.1, -0.05) is 166 Å². The van der Waals surface area contributed by atoms with Crippen molar-refractivity contribution in [3.63, 3.8) is 0 Å². The van der Waals surface area contributed by atoms with E-state index in [1.54, 1.807) is 0 Å². The van der Waals surface area contributed by atoms with Gasteiger partial charge in [-0.25, -0.2) is 15.0 Å². The fourth-order valence-electron chi connectivity index (χ4n) is 10.9. The van der Waals surface area contributed by atoms with Gasteiger partial charge in [-0.3, -0.25) is 0 Å². The van der Waals surface area contributed by atoms with Gasteiger partial charge in [0.05, 0.1) is 27.8 Å². The minimum Gasteiger partial charge on any atom is -0.452 e. The first-order valence-corrected chi connectivity index (χ1v) is 22.5. The Bertz CT molecular complexity index is 4030. The van der Waals surface area contributed by atoms with Crippen LogP contribution in [0, 0.1) is 0 Å². The molecule has 0 N–H and O–H groups in total. The lowest BCUT2D eigenvalue weighted by atomic mass is 9.82. The topological polar surface area (TPSA) is 61.7 Å². The predicted octanol–water partition coefficient (Wildman–Crippen LogP) is 15.3. The summed E-state index contributed by atoms with van der Waals surface area (Å²) < 4.78 is 12.3. The highest BCUT2D eigenvalue weighted by molar-refractivity contribution is 6.17. The molecule has 0 radical (unpaired) electrons. The number of benzene rings is 9. The van der Waals surface area contributed by atoms with E-state index in [1.807, 2.05) is 36.4 Å². The minimum absolute atomic E-state index is 0.157. The zero-order chi connectivity index (χ0) is 43.7. The van der Waals surface area contributed by atoms with Crippen molar-refractivity contribution in [1.82, 2.24) is 24.1 Å². The Hall–Kier alpha value is -8.61. The Labute approximate surface area is 379 Å². The molecule has 0 saturated heterocycles. The van der Waals surface area contributed by atoms with Crippen molar-refractivity contribution < 1.29 is 4.42 Å². The van der Waals surface area contributed by atoms with Gasteiger partial charge in [0, 0.05) is 54.4 Å². The van der Waals surface area contributed by atoms with Gasteiger partial charge in [-0.2, -0.15) is 0 Å². The Morgan fingerprint density at radius 2 is 0.894 bits per heavy atom. The molecule has 6 heteroatoms. The molecule has 0 aliphatic heterocycles. The fraction of sp³-hybridized carbons (Fsp3) is 0.0500. The number of rotatable bonds is 5. The van der Waals surface area contributed by atoms with Crippen LogP contribution in [-0.4, -0.2) is 24.1 Å². The molecule has 13 aromatic rings. The van der Waals surface area contributed by atoms with Gasteiger partial charge in [0.2, 0.25) is 0 Å². The summed E-state index contributed by atoms with van der Waals surface area (Å²) in [4.78, 5) is 15.6. The van der Waals surface area contributed by atoms with E-state index in [-0.39, 0.29) is 5.41 Å². The van der Waals surface area contributed by atoms with Crippen molar-refractivity contribution in [3.8, 4) is 56.7 Å². The Kier molecular flexibility index (Phi) is 7.64. The van der Waals surface area contributed by atoms with E-state index in [1.165, 1.54) is 33.0 Å². The molecule has 1 aliphatic rings. The van der Waals surface area contributed by atoms with Gasteiger partial charge in [0.25, 0.3) is 0 Å². The van der Waals surface area contributed by atoms with Gasteiger partial charge in [-0.15, -0.1) is 0 Å². The Morgan fingerprint density at radius 1 is 0.364 bits per heavy atom. The largest absolute Gasteiger partial charge is 0.452 e. The zero-order valence-corrected chi connectivity index (χ0v) is 36.2. The Balaban J connectivity index is 1.10. The molecular formula is C60H39N5O. The molecule has 0 fully saturated rings. The van der Waals surface area contributed by atoms with Crippen LogP contribution in [0.3, 0.4) is 0 Å². The van der Waals surface area contributed by atoms with Crippen molar-refractivity contribution >= 4 is 65.6 Å². The average molecular weight is 846 g/mol. The molecule has 0 bridgehead atoms. The maximum Gasteiger partial charge on any atom is 0.166 e. The fourth-order valence-corrected chi connectivity index (χ4v) is 10.9. The monoisotopic (exact) mass is 845 g/mol. The first-order chi connectivity index (χ1) is 32.5. The highest BCUT2D eigenvalue weighted by Crippen LogP contribution is 2.52. The van der Waals surface area contributed by atoms with Crippen molar-refractivity contribution in [2.75, 3.05) is 0 Å². The lowest BCUT2D eigenvalue weighted by Crippen LogP contribution is -2.14. The number of aromatic nitrogens is 5. The summed E-state index contributed by atoms with van der Waals surface area (Å²) in [6.45, 7) is 4.70. The molecule has 0 unspecified atom stereocenters. The summed E-state index contributed by atoms with van der Waals surface area (Å²) in [6, 6.07) is 71.0. The van der Waals surface area contributed by atoms with Crippen molar-refractivity contribution in [2.45, 2.75) is 19.3 Å². The zero-order valence-electron chi connectivity index (χ0n) is 36.2. The van der Waals surface area contributed by atoms with Gasteiger partial charge < -0.3 is 13.6 Å². The highest BCUT2D eigenvalue weighted by atomic mass is 16.3. The van der Waals surface area contributed by atoms with Crippen LogP contribution < -0.4 is 0 Å². The van der Waals surface area contributed by atoms with Crippen molar-refractivity contribution in [2.24, 2.45) is 0 Å². The summed E-state index contributed by atoms with van der Waals surface area (Å²) in [5.41, 5.74) is 15.6. The van der Waals surface area contributed by atoms with Crippen LogP contribution in [0.1, 0.15) is 25.0 Å². The third kappa shape index (κ3) is 5.15. The molecule has 0 saturated carbocycles. The van der Waals surface area contributed by atoms with E-state index in [0.717, 1.165) is 82.8 Å². The SMILES string of the molecule is CC1(C)c2ccccc2-c2cc3c4ccccc4n(-c4cccc5c4oc4c(-n6c7ccccc7c7ccccc76)c(-c6nc(-c7ccccc7)nc(-c7ccccc7)n6)ccc45)c3cc21. The number of nitrogens with zero attached hydrogens (tertiary/aromatic N) is 5. The standard InChI is InChI=1S/C60H39N5O/c1-60(2)47-27-13-9-22-38(47)45-34-46-41-25-12-14-28-49(41)64(53(46)35-48(45)60)52-31-17-26-42-43-32-33-44(59-62-57(36-18-5-3-6-19-36)61-58(63-59)37-20-7-4-8-21-37)54(56(43)66-55(42)52)65-50-29-15-10-23-39(50)40-24-11-16-30-51(40)65/h3-35H,1-2H3. The number of hydrogen-bond acceptors (Lipinski definition) is 4. The van der Waals surface area contributed by atoms with Crippen LogP contribution in [0.5, 0.6) is 0 Å². The molecule has 0 amide bonds. The highest BCUT2D eigenvalue weighted by Gasteiger charge is 2.36. The molecule has 0 spiro atoms. The second kappa shape index (κ2) is 13.7. The van der Waals surface area contributed by atoms with Crippen molar-refractivity contribution in [3.05, 3.63) is 211 Å². The summed E-state index contributed by atoms with van der Waals surface area (Å²) >= 11 is 0. The second-order valence-electron chi connectivity index (χ2n) is 17.9.